The van der Waals surface area contributed by atoms with E-state index in [1.54, 1.807) is 11.7 Å². The van der Waals surface area contributed by atoms with Crippen molar-refractivity contribution in [1.82, 2.24) is 14.8 Å². The summed E-state index contributed by atoms with van der Waals surface area (Å²) < 4.78 is 6.65. The van der Waals surface area contributed by atoms with E-state index in [9.17, 15) is 4.79 Å². The minimum Gasteiger partial charge on any atom is -0.383 e. The predicted molar refractivity (Wildman–Crippen MR) is 84.9 cm³/mol. The fourth-order valence-electron chi connectivity index (χ4n) is 2.31. The van der Waals surface area contributed by atoms with Crippen LogP contribution in [-0.4, -0.2) is 56.4 Å². The van der Waals surface area contributed by atoms with E-state index in [0.29, 0.717) is 13.2 Å². The Balaban J connectivity index is 2.24. The van der Waals surface area contributed by atoms with E-state index < -0.39 is 0 Å². The number of likely N-dealkylation sites (N-methyl/N-ethyl adjacent to an activating group) is 1. The maximum Gasteiger partial charge on any atom is 0.326 e. The molecule has 0 radical (unpaired) electrons. The van der Waals surface area contributed by atoms with Crippen molar-refractivity contribution in [3.05, 3.63) is 36.0 Å². The van der Waals surface area contributed by atoms with Crippen LogP contribution >= 0.6 is 0 Å². The number of rotatable bonds is 6. The maximum atomic E-state index is 12.3. The van der Waals surface area contributed by atoms with Crippen molar-refractivity contribution in [2.45, 2.75) is 6.42 Å². The molecule has 0 aliphatic heterocycles. The van der Waals surface area contributed by atoms with Gasteiger partial charge in [0, 0.05) is 31.8 Å². The van der Waals surface area contributed by atoms with Gasteiger partial charge in [-0.2, -0.15) is 0 Å². The summed E-state index contributed by atoms with van der Waals surface area (Å²) in [5.74, 6) is 0. The molecule has 0 aliphatic carbocycles. The molecule has 1 N–H and O–H groups in total. The lowest BCUT2D eigenvalue weighted by Gasteiger charge is -2.08. The van der Waals surface area contributed by atoms with E-state index in [-0.39, 0.29) is 6.03 Å². The molecule has 0 saturated heterocycles. The van der Waals surface area contributed by atoms with Crippen LogP contribution in [0, 0.1) is 0 Å². The van der Waals surface area contributed by atoms with Gasteiger partial charge in [-0.3, -0.25) is 4.57 Å². The number of nitrogens with one attached hydrogen (secondary N) is 1. The molecule has 0 bridgehead atoms. The SMILES string of the molecule is COCCNC(=O)n1cc(CCN(C)C)c2ccccc21. The highest BCUT2D eigenvalue weighted by Gasteiger charge is 2.12. The van der Waals surface area contributed by atoms with Crippen molar-refractivity contribution in [1.29, 1.82) is 0 Å². The summed E-state index contributed by atoms with van der Waals surface area (Å²) >= 11 is 0. The number of para-hydroxylation sites is 1. The summed E-state index contributed by atoms with van der Waals surface area (Å²) in [5, 5.41) is 4.00. The molecule has 1 aromatic heterocycles. The van der Waals surface area contributed by atoms with Crippen LogP contribution in [0.15, 0.2) is 30.5 Å². The summed E-state index contributed by atoms with van der Waals surface area (Å²) in [5.41, 5.74) is 2.14. The number of carbonyl (C=O) groups excluding carboxylic acids is 1. The van der Waals surface area contributed by atoms with Gasteiger partial charge in [-0.15, -0.1) is 0 Å². The normalized spacial score (nSPS) is 11.2. The zero-order valence-electron chi connectivity index (χ0n) is 12.9. The fourth-order valence-corrected chi connectivity index (χ4v) is 2.31. The van der Waals surface area contributed by atoms with Crippen molar-refractivity contribution in [3.63, 3.8) is 0 Å². The largest absolute Gasteiger partial charge is 0.383 e. The van der Waals surface area contributed by atoms with Crippen molar-refractivity contribution < 1.29 is 9.53 Å². The second kappa shape index (κ2) is 7.24. The molecule has 2 rings (SSSR count). The van der Waals surface area contributed by atoms with Gasteiger partial charge in [-0.1, -0.05) is 18.2 Å². The smallest absolute Gasteiger partial charge is 0.326 e. The van der Waals surface area contributed by atoms with E-state index in [4.69, 9.17) is 4.74 Å². The monoisotopic (exact) mass is 289 g/mol. The van der Waals surface area contributed by atoms with Gasteiger partial charge < -0.3 is 15.0 Å². The predicted octanol–water partition coefficient (Wildman–Crippen LogP) is 1.95. The summed E-state index contributed by atoms with van der Waals surface area (Å²) in [6.45, 7) is 1.98. The second-order valence-corrected chi connectivity index (χ2v) is 5.32. The Hall–Kier alpha value is -1.85. The molecule has 0 aliphatic rings. The van der Waals surface area contributed by atoms with Crippen LogP contribution in [0.25, 0.3) is 10.9 Å². The molecule has 2 aromatic rings. The Morgan fingerprint density at radius 1 is 1.33 bits per heavy atom. The lowest BCUT2D eigenvalue weighted by molar-refractivity contribution is 0.196. The first-order valence-corrected chi connectivity index (χ1v) is 7.14. The molecular formula is C16H23N3O2. The third-order valence-corrected chi connectivity index (χ3v) is 3.42. The van der Waals surface area contributed by atoms with Gasteiger partial charge in [-0.05, 0) is 32.1 Å². The molecular weight excluding hydrogens is 266 g/mol. The number of hydrogen-bond donors (Lipinski definition) is 1. The summed E-state index contributed by atoms with van der Waals surface area (Å²) in [6.07, 6.45) is 2.86. The number of amides is 1. The van der Waals surface area contributed by atoms with E-state index in [0.717, 1.165) is 23.9 Å². The number of ether oxygens (including phenoxy) is 1. The Kier molecular flexibility index (Phi) is 5.36. The van der Waals surface area contributed by atoms with Crippen LogP contribution in [0.5, 0.6) is 0 Å². The number of hydrogen-bond acceptors (Lipinski definition) is 3. The van der Waals surface area contributed by atoms with Gasteiger partial charge in [0.1, 0.15) is 0 Å². The maximum absolute atomic E-state index is 12.3. The highest BCUT2D eigenvalue weighted by atomic mass is 16.5. The van der Waals surface area contributed by atoms with Crippen molar-refractivity contribution >= 4 is 16.9 Å². The van der Waals surface area contributed by atoms with Crippen LogP contribution < -0.4 is 5.32 Å². The molecule has 21 heavy (non-hydrogen) atoms. The fraction of sp³-hybridized carbons (Fsp3) is 0.438. The van der Waals surface area contributed by atoms with Crippen molar-refractivity contribution in [2.24, 2.45) is 0 Å². The quantitative estimate of drug-likeness (QED) is 0.827. The van der Waals surface area contributed by atoms with E-state index in [1.807, 2.05) is 24.4 Å². The van der Waals surface area contributed by atoms with Crippen LogP contribution in [0.2, 0.25) is 0 Å². The first-order chi connectivity index (χ1) is 10.1. The van der Waals surface area contributed by atoms with Gasteiger partial charge in [0.15, 0.2) is 0 Å². The number of carbonyl (C=O) groups is 1. The number of methoxy groups -OCH3 is 1. The van der Waals surface area contributed by atoms with Gasteiger partial charge in [0.25, 0.3) is 0 Å². The average Bonchev–Trinajstić information content (AvgIpc) is 2.84. The van der Waals surface area contributed by atoms with Gasteiger partial charge >= 0.3 is 6.03 Å². The van der Waals surface area contributed by atoms with Crippen LogP contribution in [0.3, 0.4) is 0 Å². The number of nitrogens with zero attached hydrogens (tertiary/aromatic N) is 2. The molecule has 0 atom stereocenters. The van der Waals surface area contributed by atoms with Crippen LogP contribution in [0.1, 0.15) is 5.56 Å². The second-order valence-electron chi connectivity index (χ2n) is 5.32. The minimum absolute atomic E-state index is 0.112. The van der Waals surface area contributed by atoms with E-state index in [2.05, 4.69) is 30.4 Å². The average molecular weight is 289 g/mol. The molecule has 1 amide bonds. The lowest BCUT2D eigenvalue weighted by Crippen LogP contribution is -2.30. The Bertz CT molecular complexity index is 605. The zero-order valence-corrected chi connectivity index (χ0v) is 12.9. The first-order valence-electron chi connectivity index (χ1n) is 7.14. The number of aromatic nitrogens is 1. The number of fused-ring (bicyclic) bond motifs is 1. The highest BCUT2D eigenvalue weighted by molar-refractivity contribution is 5.93. The minimum atomic E-state index is -0.112. The molecule has 5 heteroatoms. The summed E-state index contributed by atoms with van der Waals surface area (Å²) in [7, 11) is 5.73. The van der Waals surface area contributed by atoms with Gasteiger partial charge in [-0.25, -0.2) is 4.79 Å². The highest BCUT2D eigenvalue weighted by Crippen LogP contribution is 2.21. The van der Waals surface area contributed by atoms with E-state index in [1.165, 1.54) is 5.56 Å². The Morgan fingerprint density at radius 3 is 2.81 bits per heavy atom. The standard InChI is InChI=1S/C16H23N3O2/c1-18(2)10-8-13-12-19(16(20)17-9-11-21-3)15-7-5-4-6-14(13)15/h4-7,12H,8-11H2,1-3H3,(H,17,20). The first kappa shape index (κ1) is 15.5. The van der Waals surface area contributed by atoms with Crippen molar-refractivity contribution in [2.75, 3.05) is 40.9 Å². The lowest BCUT2D eigenvalue weighted by atomic mass is 10.1. The molecule has 0 spiro atoms. The molecule has 0 unspecified atom stereocenters. The summed E-state index contributed by atoms with van der Waals surface area (Å²) in [6, 6.07) is 7.90. The van der Waals surface area contributed by atoms with Gasteiger partial charge in [0.2, 0.25) is 0 Å². The Labute approximate surface area is 125 Å². The molecule has 1 aromatic carbocycles. The Morgan fingerprint density at radius 2 is 2.10 bits per heavy atom. The molecule has 114 valence electrons. The topological polar surface area (TPSA) is 46.5 Å². The molecule has 0 saturated carbocycles. The van der Waals surface area contributed by atoms with Gasteiger partial charge in [0.05, 0.1) is 12.1 Å². The molecule has 0 fully saturated rings. The molecule has 5 nitrogen and oxygen atoms in total. The zero-order chi connectivity index (χ0) is 15.2. The number of benzene rings is 1. The third-order valence-electron chi connectivity index (χ3n) is 3.42. The summed E-state index contributed by atoms with van der Waals surface area (Å²) in [4.78, 5) is 14.4. The molecule has 1 heterocycles. The van der Waals surface area contributed by atoms with Crippen molar-refractivity contribution in [3.8, 4) is 0 Å². The third kappa shape index (κ3) is 3.83. The van der Waals surface area contributed by atoms with Crippen LogP contribution in [-0.2, 0) is 11.2 Å². The van der Waals surface area contributed by atoms with E-state index >= 15 is 0 Å². The van der Waals surface area contributed by atoms with Crippen LogP contribution in [0.4, 0.5) is 4.79 Å².